The normalized spacial score (nSPS) is 11.4. The molecule has 0 bridgehead atoms. The summed E-state index contributed by atoms with van der Waals surface area (Å²) < 4.78 is 1.13. The van der Waals surface area contributed by atoms with Crippen LogP contribution in [0.25, 0.3) is 10.2 Å². The van der Waals surface area contributed by atoms with Gasteiger partial charge < -0.3 is 4.90 Å². The van der Waals surface area contributed by atoms with Crippen molar-refractivity contribution in [3.8, 4) is 0 Å². The molecule has 1 heterocycles. The highest BCUT2D eigenvalue weighted by atomic mass is 32.1. The number of hydrogen-bond donors (Lipinski definition) is 1. The average molecular weight is 397 g/mol. The molecule has 1 amide bonds. The fourth-order valence-electron chi connectivity index (χ4n) is 3.40. The van der Waals surface area contributed by atoms with Crippen LogP contribution in [0.15, 0.2) is 36.4 Å². The Kier molecular flexibility index (Phi) is 6.47. The maximum atomic E-state index is 13.5. The number of carbonyl (C=O) groups excluding carboxylic acids is 1. The summed E-state index contributed by atoms with van der Waals surface area (Å²) in [7, 11) is 0. The number of anilines is 1. The summed E-state index contributed by atoms with van der Waals surface area (Å²) in [5.74, 6) is 0.0449. The molecular weight excluding hydrogens is 366 g/mol. The summed E-state index contributed by atoms with van der Waals surface area (Å²) >= 11 is 1.60. The number of fused-ring (bicyclic) bond motifs is 1. The van der Waals surface area contributed by atoms with Gasteiger partial charge in [0.15, 0.2) is 5.13 Å². The molecule has 0 aliphatic rings. The number of aromatic nitrogens is 1. The summed E-state index contributed by atoms with van der Waals surface area (Å²) in [5, 5.41) is 0.790. The molecule has 28 heavy (non-hydrogen) atoms. The molecule has 0 spiro atoms. The first-order valence-electron chi connectivity index (χ1n) is 10.0. The lowest BCUT2D eigenvalue weighted by Gasteiger charge is -2.23. The number of quaternary nitrogens is 1. The summed E-state index contributed by atoms with van der Waals surface area (Å²) in [4.78, 5) is 21.7. The maximum absolute atomic E-state index is 13.5. The van der Waals surface area contributed by atoms with Crippen molar-refractivity contribution in [2.75, 3.05) is 31.1 Å². The van der Waals surface area contributed by atoms with Crippen LogP contribution in [0.1, 0.15) is 40.9 Å². The Hall–Kier alpha value is -2.24. The van der Waals surface area contributed by atoms with Crippen molar-refractivity contribution in [1.29, 1.82) is 0 Å². The number of carbonyl (C=O) groups is 1. The van der Waals surface area contributed by atoms with Gasteiger partial charge in [-0.25, -0.2) is 4.98 Å². The number of thiazole rings is 1. The molecule has 0 radical (unpaired) electrons. The second-order valence-electron chi connectivity index (χ2n) is 7.45. The molecule has 5 heteroatoms. The standard InChI is InChI=1S/C23H29N3OS/c1-6-25(7-2)12-13-26(22(27)19-14-16(3)8-10-18(19)5)23-24-20-11-9-17(4)15-21(20)28-23/h8-11,14-15H,6-7,12-13H2,1-5H3/p+1. The molecule has 4 nitrogen and oxygen atoms in total. The molecule has 3 aromatic rings. The third kappa shape index (κ3) is 4.42. The van der Waals surface area contributed by atoms with Gasteiger partial charge in [0.25, 0.3) is 5.91 Å². The SMILES string of the molecule is CC[NH+](CC)CCN(C(=O)c1cc(C)ccc1C)c1nc2ccc(C)cc2s1. The predicted molar refractivity (Wildman–Crippen MR) is 119 cm³/mol. The second-order valence-corrected chi connectivity index (χ2v) is 8.46. The first kappa shape index (κ1) is 20.5. The third-order valence-electron chi connectivity index (χ3n) is 5.32. The smallest absolute Gasteiger partial charge is 0.260 e. The van der Waals surface area contributed by atoms with E-state index < -0.39 is 0 Å². The molecule has 0 saturated heterocycles. The van der Waals surface area contributed by atoms with Gasteiger partial charge in [0, 0.05) is 5.56 Å². The van der Waals surface area contributed by atoms with Gasteiger partial charge in [0.2, 0.25) is 0 Å². The topological polar surface area (TPSA) is 37.6 Å². The Morgan fingerprint density at radius 3 is 2.43 bits per heavy atom. The molecule has 0 fully saturated rings. The highest BCUT2D eigenvalue weighted by Gasteiger charge is 2.24. The van der Waals surface area contributed by atoms with Gasteiger partial charge in [-0.1, -0.05) is 35.1 Å². The van der Waals surface area contributed by atoms with Gasteiger partial charge in [-0.2, -0.15) is 0 Å². The van der Waals surface area contributed by atoms with E-state index in [0.29, 0.717) is 6.54 Å². The zero-order chi connectivity index (χ0) is 20.3. The van der Waals surface area contributed by atoms with Gasteiger partial charge in [0.05, 0.1) is 36.4 Å². The lowest BCUT2D eigenvalue weighted by molar-refractivity contribution is -0.894. The van der Waals surface area contributed by atoms with Gasteiger partial charge in [0.1, 0.15) is 0 Å². The molecule has 148 valence electrons. The van der Waals surface area contributed by atoms with Crippen LogP contribution >= 0.6 is 11.3 Å². The molecule has 0 atom stereocenters. The van der Waals surface area contributed by atoms with Gasteiger partial charge in [-0.15, -0.1) is 0 Å². The molecule has 1 aromatic heterocycles. The van der Waals surface area contributed by atoms with E-state index in [0.717, 1.165) is 51.7 Å². The lowest BCUT2D eigenvalue weighted by atomic mass is 10.0. The van der Waals surface area contributed by atoms with Crippen LogP contribution in [-0.2, 0) is 0 Å². The zero-order valence-electron chi connectivity index (χ0n) is 17.5. The van der Waals surface area contributed by atoms with Crippen molar-refractivity contribution < 1.29 is 9.69 Å². The Morgan fingerprint density at radius 1 is 1.04 bits per heavy atom. The van der Waals surface area contributed by atoms with Crippen molar-refractivity contribution in [2.24, 2.45) is 0 Å². The van der Waals surface area contributed by atoms with Crippen LogP contribution in [0.3, 0.4) is 0 Å². The average Bonchev–Trinajstić information content (AvgIpc) is 3.09. The van der Waals surface area contributed by atoms with Gasteiger partial charge in [-0.3, -0.25) is 9.69 Å². The first-order valence-corrected chi connectivity index (χ1v) is 10.8. The number of amides is 1. The Bertz CT molecular complexity index is 975. The second kappa shape index (κ2) is 8.84. The lowest BCUT2D eigenvalue weighted by Crippen LogP contribution is -3.12. The molecule has 0 unspecified atom stereocenters. The minimum Gasteiger partial charge on any atom is -0.334 e. The van der Waals surface area contributed by atoms with Crippen LogP contribution in [0, 0.1) is 20.8 Å². The van der Waals surface area contributed by atoms with Crippen LogP contribution in [0.4, 0.5) is 5.13 Å². The molecule has 3 rings (SSSR count). The number of rotatable bonds is 7. The van der Waals surface area contributed by atoms with Crippen molar-refractivity contribution in [3.63, 3.8) is 0 Å². The fourth-order valence-corrected chi connectivity index (χ4v) is 4.49. The van der Waals surface area contributed by atoms with E-state index in [2.05, 4.69) is 39.0 Å². The highest BCUT2D eigenvalue weighted by molar-refractivity contribution is 7.22. The summed E-state index contributed by atoms with van der Waals surface area (Å²) in [6.45, 7) is 14.2. The van der Waals surface area contributed by atoms with Gasteiger partial charge in [-0.05, 0) is 63.9 Å². The Morgan fingerprint density at radius 2 is 1.71 bits per heavy atom. The molecular formula is C23H30N3OS+. The zero-order valence-corrected chi connectivity index (χ0v) is 18.3. The minimum absolute atomic E-state index is 0.0449. The number of nitrogens with zero attached hydrogens (tertiary/aromatic N) is 2. The number of benzene rings is 2. The van der Waals surface area contributed by atoms with E-state index in [1.54, 1.807) is 11.3 Å². The molecule has 2 aromatic carbocycles. The van der Waals surface area contributed by atoms with E-state index >= 15 is 0 Å². The summed E-state index contributed by atoms with van der Waals surface area (Å²) in [6.07, 6.45) is 0. The fraction of sp³-hybridized carbons (Fsp3) is 0.391. The van der Waals surface area contributed by atoms with E-state index in [-0.39, 0.29) is 5.91 Å². The minimum atomic E-state index is 0.0449. The molecule has 0 aliphatic heterocycles. The van der Waals surface area contributed by atoms with Crippen molar-refractivity contribution in [2.45, 2.75) is 34.6 Å². The summed E-state index contributed by atoms with van der Waals surface area (Å²) in [6, 6.07) is 12.3. The van der Waals surface area contributed by atoms with Crippen LogP contribution in [0.5, 0.6) is 0 Å². The van der Waals surface area contributed by atoms with E-state index in [1.807, 2.05) is 36.9 Å². The maximum Gasteiger partial charge on any atom is 0.260 e. The van der Waals surface area contributed by atoms with Crippen molar-refractivity contribution in [3.05, 3.63) is 58.7 Å². The first-order chi connectivity index (χ1) is 13.4. The number of aryl methyl sites for hydroxylation is 3. The van der Waals surface area contributed by atoms with E-state index in [4.69, 9.17) is 4.98 Å². The Labute approximate surface area is 171 Å². The quantitative estimate of drug-likeness (QED) is 0.660. The summed E-state index contributed by atoms with van der Waals surface area (Å²) in [5.41, 5.74) is 5.04. The van der Waals surface area contributed by atoms with Gasteiger partial charge >= 0.3 is 0 Å². The van der Waals surface area contributed by atoms with E-state index in [9.17, 15) is 4.79 Å². The predicted octanol–water partition coefficient (Wildman–Crippen LogP) is 3.79. The monoisotopic (exact) mass is 396 g/mol. The van der Waals surface area contributed by atoms with Crippen LogP contribution < -0.4 is 9.80 Å². The molecule has 1 N–H and O–H groups in total. The number of nitrogens with one attached hydrogen (secondary N) is 1. The van der Waals surface area contributed by atoms with Crippen LogP contribution in [-0.4, -0.2) is 37.1 Å². The Balaban J connectivity index is 2.00. The number of hydrogen-bond acceptors (Lipinski definition) is 3. The van der Waals surface area contributed by atoms with Crippen molar-refractivity contribution >= 4 is 32.6 Å². The third-order valence-corrected chi connectivity index (χ3v) is 6.36. The molecule has 0 aliphatic carbocycles. The van der Waals surface area contributed by atoms with Crippen LogP contribution in [0.2, 0.25) is 0 Å². The molecule has 0 saturated carbocycles. The van der Waals surface area contributed by atoms with E-state index in [1.165, 1.54) is 10.5 Å². The van der Waals surface area contributed by atoms with Crippen molar-refractivity contribution in [1.82, 2.24) is 4.98 Å². The number of likely N-dealkylation sites (N-methyl/N-ethyl adjacent to an activating group) is 1. The highest BCUT2D eigenvalue weighted by Crippen LogP contribution is 2.30. The largest absolute Gasteiger partial charge is 0.334 e.